The largest absolute Gasteiger partial charge is 0.399 e. The molecule has 0 bridgehead atoms. The smallest absolute Gasteiger partial charge is 0.223 e. The summed E-state index contributed by atoms with van der Waals surface area (Å²) < 4.78 is 0. The Morgan fingerprint density at radius 3 is 2.59 bits per heavy atom. The molecule has 3 heteroatoms. The molecule has 0 heterocycles. The van der Waals surface area contributed by atoms with Crippen LogP contribution in [0, 0.1) is 0 Å². The van der Waals surface area contributed by atoms with Crippen molar-refractivity contribution in [1.29, 1.82) is 0 Å². The zero-order chi connectivity index (χ0) is 12.8. The number of nitrogen functional groups attached to an aromatic ring is 1. The van der Waals surface area contributed by atoms with E-state index in [4.69, 9.17) is 5.73 Å². The van der Waals surface area contributed by atoms with Gasteiger partial charge in [0.25, 0.3) is 0 Å². The monoisotopic (exact) mass is 232 g/mol. The number of nitrogens with two attached hydrogens (primary N) is 1. The molecule has 1 unspecified atom stereocenters. The van der Waals surface area contributed by atoms with Crippen LogP contribution in [0.3, 0.4) is 0 Å². The van der Waals surface area contributed by atoms with Crippen molar-refractivity contribution in [1.82, 2.24) is 4.90 Å². The first-order valence-corrected chi connectivity index (χ1v) is 5.75. The Hall–Kier alpha value is -1.77. The minimum atomic E-state index is 0.134. The number of benzene rings is 1. The number of amides is 1. The standard InChI is InChI=1S/C14H20N2O/c1-4-9-16(3)14(17)10-11(2)12-5-7-13(15)8-6-12/h4-8,11H,1,9-10,15H2,2-3H3. The van der Waals surface area contributed by atoms with Gasteiger partial charge in [-0.15, -0.1) is 6.58 Å². The van der Waals surface area contributed by atoms with Crippen LogP contribution in [-0.2, 0) is 4.79 Å². The molecular weight excluding hydrogens is 212 g/mol. The summed E-state index contributed by atoms with van der Waals surface area (Å²) in [6, 6.07) is 7.68. The van der Waals surface area contributed by atoms with Gasteiger partial charge in [-0.2, -0.15) is 0 Å². The average Bonchev–Trinajstić information content (AvgIpc) is 2.30. The van der Waals surface area contributed by atoms with E-state index in [9.17, 15) is 4.79 Å². The molecule has 3 nitrogen and oxygen atoms in total. The highest BCUT2D eigenvalue weighted by atomic mass is 16.2. The van der Waals surface area contributed by atoms with Gasteiger partial charge in [-0.05, 0) is 23.6 Å². The number of nitrogens with zero attached hydrogens (tertiary/aromatic N) is 1. The number of likely N-dealkylation sites (N-methyl/N-ethyl adjacent to an activating group) is 1. The van der Waals surface area contributed by atoms with Crippen LogP contribution < -0.4 is 5.73 Å². The fourth-order valence-electron chi connectivity index (χ4n) is 1.66. The van der Waals surface area contributed by atoms with Crippen molar-refractivity contribution in [2.24, 2.45) is 0 Å². The van der Waals surface area contributed by atoms with Crippen LogP contribution in [0.2, 0.25) is 0 Å². The van der Waals surface area contributed by atoms with Gasteiger partial charge >= 0.3 is 0 Å². The van der Waals surface area contributed by atoms with Gasteiger partial charge in [0, 0.05) is 25.7 Å². The molecule has 1 atom stereocenters. The van der Waals surface area contributed by atoms with Gasteiger partial charge < -0.3 is 10.6 Å². The predicted molar refractivity (Wildman–Crippen MR) is 71.7 cm³/mol. The summed E-state index contributed by atoms with van der Waals surface area (Å²) in [6.45, 7) is 6.26. The molecular formula is C14H20N2O. The van der Waals surface area contributed by atoms with E-state index in [1.165, 1.54) is 0 Å². The molecule has 0 radical (unpaired) electrons. The van der Waals surface area contributed by atoms with Crippen molar-refractivity contribution in [3.05, 3.63) is 42.5 Å². The number of carbonyl (C=O) groups excluding carboxylic acids is 1. The molecule has 0 aliphatic rings. The fraction of sp³-hybridized carbons (Fsp3) is 0.357. The molecule has 1 aromatic rings. The number of hydrogen-bond acceptors (Lipinski definition) is 2. The van der Waals surface area contributed by atoms with Crippen LogP contribution in [0.4, 0.5) is 5.69 Å². The molecule has 0 saturated heterocycles. The Morgan fingerprint density at radius 2 is 2.06 bits per heavy atom. The van der Waals surface area contributed by atoms with Crippen molar-refractivity contribution < 1.29 is 4.79 Å². The Labute approximate surface area is 103 Å². The normalized spacial score (nSPS) is 11.9. The minimum absolute atomic E-state index is 0.134. The van der Waals surface area contributed by atoms with Crippen molar-refractivity contribution in [2.45, 2.75) is 19.3 Å². The number of anilines is 1. The molecule has 92 valence electrons. The average molecular weight is 232 g/mol. The van der Waals surface area contributed by atoms with Gasteiger partial charge in [-0.25, -0.2) is 0 Å². The van der Waals surface area contributed by atoms with Gasteiger partial charge in [0.2, 0.25) is 5.91 Å². The molecule has 1 amide bonds. The van der Waals surface area contributed by atoms with Crippen molar-refractivity contribution in [3.63, 3.8) is 0 Å². The Bertz CT molecular complexity index is 384. The number of carbonyl (C=O) groups is 1. The SMILES string of the molecule is C=CCN(C)C(=O)CC(C)c1ccc(N)cc1. The summed E-state index contributed by atoms with van der Waals surface area (Å²) in [4.78, 5) is 13.5. The zero-order valence-corrected chi connectivity index (χ0v) is 10.5. The first-order chi connectivity index (χ1) is 8.04. The lowest BCUT2D eigenvalue weighted by Crippen LogP contribution is -2.27. The summed E-state index contributed by atoms with van der Waals surface area (Å²) in [7, 11) is 1.79. The third-order valence-corrected chi connectivity index (χ3v) is 2.82. The number of hydrogen-bond donors (Lipinski definition) is 1. The Balaban J connectivity index is 2.59. The summed E-state index contributed by atoms with van der Waals surface area (Å²) >= 11 is 0. The molecule has 0 aliphatic carbocycles. The van der Waals surface area contributed by atoms with Crippen LogP contribution in [0.15, 0.2) is 36.9 Å². The van der Waals surface area contributed by atoms with E-state index in [0.717, 1.165) is 11.3 Å². The third kappa shape index (κ3) is 3.94. The molecule has 17 heavy (non-hydrogen) atoms. The summed E-state index contributed by atoms with van der Waals surface area (Å²) in [6.07, 6.45) is 2.24. The highest BCUT2D eigenvalue weighted by Crippen LogP contribution is 2.20. The molecule has 0 saturated carbocycles. The maximum Gasteiger partial charge on any atom is 0.223 e. The highest BCUT2D eigenvalue weighted by Gasteiger charge is 2.13. The molecule has 0 aromatic heterocycles. The van der Waals surface area contributed by atoms with E-state index in [2.05, 4.69) is 6.58 Å². The second kappa shape index (κ2) is 6.09. The van der Waals surface area contributed by atoms with Gasteiger partial charge in [-0.1, -0.05) is 25.1 Å². The van der Waals surface area contributed by atoms with Crippen LogP contribution in [0.5, 0.6) is 0 Å². The fourth-order valence-corrected chi connectivity index (χ4v) is 1.66. The van der Waals surface area contributed by atoms with E-state index < -0.39 is 0 Å². The summed E-state index contributed by atoms with van der Waals surface area (Å²) in [5.41, 5.74) is 7.51. The van der Waals surface area contributed by atoms with Gasteiger partial charge in [0.15, 0.2) is 0 Å². The van der Waals surface area contributed by atoms with E-state index in [1.807, 2.05) is 31.2 Å². The quantitative estimate of drug-likeness (QED) is 0.626. The van der Waals surface area contributed by atoms with Gasteiger partial charge in [-0.3, -0.25) is 4.79 Å². The first-order valence-electron chi connectivity index (χ1n) is 5.75. The lowest BCUT2D eigenvalue weighted by atomic mass is 9.97. The topological polar surface area (TPSA) is 46.3 Å². The van der Waals surface area contributed by atoms with E-state index in [1.54, 1.807) is 18.0 Å². The third-order valence-electron chi connectivity index (χ3n) is 2.82. The molecule has 2 N–H and O–H groups in total. The lowest BCUT2D eigenvalue weighted by Gasteiger charge is -2.18. The molecule has 0 fully saturated rings. The molecule has 0 aliphatic heterocycles. The zero-order valence-electron chi connectivity index (χ0n) is 10.5. The van der Waals surface area contributed by atoms with Gasteiger partial charge in [0.1, 0.15) is 0 Å². The van der Waals surface area contributed by atoms with Crippen molar-refractivity contribution in [2.75, 3.05) is 19.3 Å². The van der Waals surface area contributed by atoms with Crippen LogP contribution in [-0.4, -0.2) is 24.4 Å². The van der Waals surface area contributed by atoms with Crippen molar-refractivity contribution >= 4 is 11.6 Å². The van der Waals surface area contributed by atoms with E-state index >= 15 is 0 Å². The van der Waals surface area contributed by atoms with Crippen LogP contribution in [0.1, 0.15) is 24.8 Å². The minimum Gasteiger partial charge on any atom is -0.399 e. The van der Waals surface area contributed by atoms with E-state index in [-0.39, 0.29) is 11.8 Å². The van der Waals surface area contributed by atoms with Gasteiger partial charge in [0.05, 0.1) is 0 Å². The van der Waals surface area contributed by atoms with Crippen LogP contribution in [0.25, 0.3) is 0 Å². The second-order valence-corrected chi connectivity index (χ2v) is 4.33. The molecule has 1 aromatic carbocycles. The second-order valence-electron chi connectivity index (χ2n) is 4.33. The number of rotatable bonds is 5. The molecule has 1 rings (SSSR count). The predicted octanol–water partition coefficient (Wildman–Crippen LogP) is 2.41. The highest BCUT2D eigenvalue weighted by molar-refractivity contribution is 5.77. The van der Waals surface area contributed by atoms with E-state index in [0.29, 0.717) is 13.0 Å². The molecule has 0 spiro atoms. The van der Waals surface area contributed by atoms with Crippen LogP contribution >= 0.6 is 0 Å². The Morgan fingerprint density at radius 1 is 1.47 bits per heavy atom. The lowest BCUT2D eigenvalue weighted by molar-refractivity contribution is -0.129. The van der Waals surface area contributed by atoms with Crippen molar-refractivity contribution in [3.8, 4) is 0 Å². The summed E-state index contributed by atoms with van der Waals surface area (Å²) in [5.74, 6) is 0.338. The Kier molecular flexibility index (Phi) is 4.76. The first kappa shape index (κ1) is 13.3. The maximum absolute atomic E-state index is 11.8. The maximum atomic E-state index is 11.8. The summed E-state index contributed by atoms with van der Waals surface area (Å²) in [5, 5.41) is 0.